The molecule has 2 aliphatic heterocycles. The third-order valence-electron chi connectivity index (χ3n) is 3.56. The van der Waals surface area contributed by atoms with Gasteiger partial charge in [0.1, 0.15) is 13.2 Å². The van der Waals surface area contributed by atoms with E-state index in [1.807, 2.05) is 23.9 Å². The lowest BCUT2D eigenvalue weighted by atomic mass is 10.2. The fraction of sp³-hybridized carbons (Fsp3) is 0.571. The minimum Gasteiger partial charge on any atom is -0.486 e. The molecule has 0 saturated carbocycles. The number of ether oxygens (including phenoxy) is 3. The number of hydrogen-bond donors (Lipinski definition) is 1. The number of fused-ring (bicyclic) bond motifs is 1. The minimum atomic E-state index is 0.337. The molecule has 1 aromatic carbocycles. The highest BCUT2D eigenvalue weighted by atomic mass is 32.2. The molecule has 0 spiro atoms. The second-order valence-corrected chi connectivity index (χ2v) is 6.14. The first-order chi connectivity index (χ1) is 9.24. The van der Waals surface area contributed by atoms with Gasteiger partial charge in [-0.25, -0.2) is 0 Å². The topological polar surface area (TPSA) is 53.7 Å². The molecule has 0 bridgehead atoms. The van der Waals surface area contributed by atoms with Crippen LogP contribution in [0.5, 0.6) is 11.5 Å². The molecule has 5 heteroatoms. The van der Waals surface area contributed by atoms with Crippen LogP contribution in [0.1, 0.15) is 18.9 Å². The quantitative estimate of drug-likeness (QED) is 0.863. The molecular formula is C14H19NO3S. The number of nitrogens with two attached hydrogens (primary N) is 1. The fourth-order valence-corrected chi connectivity index (χ4v) is 3.66. The van der Waals surface area contributed by atoms with E-state index in [0.717, 1.165) is 41.5 Å². The van der Waals surface area contributed by atoms with E-state index >= 15 is 0 Å². The number of thioether (sulfide) groups is 1. The van der Waals surface area contributed by atoms with E-state index in [0.29, 0.717) is 24.6 Å². The number of nitrogen functional groups attached to an aromatic ring is 1. The zero-order valence-corrected chi connectivity index (χ0v) is 11.9. The van der Waals surface area contributed by atoms with Crippen LogP contribution in [-0.2, 0) is 10.5 Å². The Morgan fingerprint density at radius 1 is 1.21 bits per heavy atom. The molecule has 0 radical (unpaired) electrons. The largest absolute Gasteiger partial charge is 0.486 e. The standard InChI is InChI=1S/C14H19NO3S/c1-9-14(2-3-16-9)19-8-10-6-12-13(7-11(10)15)18-5-4-17-12/h6-7,9,14H,2-5,8,15H2,1H3. The van der Waals surface area contributed by atoms with Crippen molar-refractivity contribution in [1.82, 2.24) is 0 Å². The predicted octanol–water partition coefficient (Wildman–Crippen LogP) is 2.45. The third-order valence-corrected chi connectivity index (χ3v) is 5.09. The lowest BCUT2D eigenvalue weighted by Crippen LogP contribution is -2.16. The molecule has 1 saturated heterocycles. The smallest absolute Gasteiger partial charge is 0.163 e. The van der Waals surface area contributed by atoms with Crippen LogP contribution in [0.2, 0.25) is 0 Å². The molecule has 2 N–H and O–H groups in total. The zero-order chi connectivity index (χ0) is 13.2. The van der Waals surface area contributed by atoms with Gasteiger partial charge in [-0.3, -0.25) is 0 Å². The molecule has 2 aliphatic rings. The van der Waals surface area contributed by atoms with Crippen LogP contribution in [0.15, 0.2) is 12.1 Å². The first-order valence-corrected chi connectivity index (χ1v) is 7.70. The maximum atomic E-state index is 6.08. The van der Waals surface area contributed by atoms with Crippen LogP contribution in [0.25, 0.3) is 0 Å². The van der Waals surface area contributed by atoms with Crippen LogP contribution >= 0.6 is 11.8 Å². The molecule has 2 heterocycles. The van der Waals surface area contributed by atoms with Gasteiger partial charge in [-0.1, -0.05) is 0 Å². The van der Waals surface area contributed by atoms with E-state index in [-0.39, 0.29) is 0 Å². The summed E-state index contributed by atoms with van der Waals surface area (Å²) in [5, 5.41) is 0.563. The van der Waals surface area contributed by atoms with Crippen molar-refractivity contribution in [2.45, 2.75) is 30.5 Å². The lowest BCUT2D eigenvalue weighted by molar-refractivity contribution is 0.127. The van der Waals surface area contributed by atoms with Crippen molar-refractivity contribution in [2.24, 2.45) is 0 Å². The van der Waals surface area contributed by atoms with Crippen molar-refractivity contribution >= 4 is 17.4 Å². The summed E-state index contributed by atoms with van der Waals surface area (Å²) >= 11 is 1.91. The third kappa shape index (κ3) is 2.77. The summed E-state index contributed by atoms with van der Waals surface area (Å²) in [6.07, 6.45) is 1.46. The summed E-state index contributed by atoms with van der Waals surface area (Å²) in [7, 11) is 0. The highest BCUT2D eigenvalue weighted by Crippen LogP contribution is 2.37. The summed E-state index contributed by atoms with van der Waals surface area (Å²) in [4.78, 5) is 0. The van der Waals surface area contributed by atoms with E-state index < -0.39 is 0 Å². The molecule has 1 aromatic rings. The Labute approximate surface area is 117 Å². The van der Waals surface area contributed by atoms with Crippen molar-refractivity contribution < 1.29 is 14.2 Å². The van der Waals surface area contributed by atoms with Gasteiger partial charge in [0, 0.05) is 29.4 Å². The number of anilines is 1. The van der Waals surface area contributed by atoms with Crippen LogP contribution in [0, 0.1) is 0 Å². The molecule has 0 aliphatic carbocycles. The van der Waals surface area contributed by atoms with Gasteiger partial charge in [-0.15, -0.1) is 0 Å². The van der Waals surface area contributed by atoms with E-state index in [1.54, 1.807) is 0 Å². The molecule has 0 aromatic heterocycles. The van der Waals surface area contributed by atoms with Gasteiger partial charge in [0.05, 0.1) is 6.10 Å². The molecule has 1 fully saturated rings. The van der Waals surface area contributed by atoms with Crippen molar-refractivity contribution in [3.63, 3.8) is 0 Å². The molecular weight excluding hydrogens is 262 g/mol. The summed E-state index contributed by atoms with van der Waals surface area (Å²) < 4.78 is 16.7. The molecule has 104 valence electrons. The van der Waals surface area contributed by atoms with E-state index in [1.165, 1.54) is 0 Å². The maximum Gasteiger partial charge on any atom is 0.163 e. The Balaban J connectivity index is 1.70. The van der Waals surface area contributed by atoms with Crippen LogP contribution in [0.3, 0.4) is 0 Å². The second-order valence-electron chi connectivity index (χ2n) is 4.91. The molecule has 0 amide bonds. The van der Waals surface area contributed by atoms with Gasteiger partial charge < -0.3 is 19.9 Å². The van der Waals surface area contributed by atoms with Crippen molar-refractivity contribution in [2.75, 3.05) is 25.6 Å². The average Bonchev–Trinajstić information content (AvgIpc) is 2.82. The molecule has 19 heavy (non-hydrogen) atoms. The predicted molar refractivity (Wildman–Crippen MR) is 77.0 cm³/mol. The van der Waals surface area contributed by atoms with Gasteiger partial charge >= 0.3 is 0 Å². The highest BCUT2D eigenvalue weighted by molar-refractivity contribution is 7.99. The van der Waals surface area contributed by atoms with Gasteiger partial charge in [-0.2, -0.15) is 11.8 Å². The second kappa shape index (κ2) is 5.51. The van der Waals surface area contributed by atoms with E-state index in [9.17, 15) is 0 Å². The first-order valence-electron chi connectivity index (χ1n) is 6.65. The van der Waals surface area contributed by atoms with Gasteiger partial charge in [-0.05, 0) is 25.0 Å². The Morgan fingerprint density at radius 2 is 1.95 bits per heavy atom. The number of rotatable bonds is 3. The van der Waals surface area contributed by atoms with Crippen LogP contribution < -0.4 is 15.2 Å². The Hall–Kier alpha value is -1.07. The Morgan fingerprint density at radius 3 is 2.63 bits per heavy atom. The fourth-order valence-electron chi connectivity index (χ4n) is 2.40. The Kier molecular flexibility index (Phi) is 3.75. The maximum absolute atomic E-state index is 6.08. The number of benzene rings is 1. The van der Waals surface area contributed by atoms with E-state index in [4.69, 9.17) is 19.9 Å². The summed E-state index contributed by atoms with van der Waals surface area (Å²) in [6.45, 7) is 4.21. The summed E-state index contributed by atoms with van der Waals surface area (Å²) in [5.41, 5.74) is 7.98. The van der Waals surface area contributed by atoms with Crippen LogP contribution in [0.4, 0.5) is 5.69 Å². The minimum absolute atomic E-state index is 0.337. The molecule has 3 rings (SSSR count). The highest BCUT2D eigenvalue weighted by Gasteiger charge is 2.25. The lowest BCUT2D eigenvalue weighted by Gasteiger charge is -2.21. The van der Waals surface area contributed by atoms with Crippen molar-refractivity contribution in [3.8, 4) is 11.5 Å². The average molecular weight is 281 g/mol. The van der Waals surface area contributed by atoms with Gasteiger partial charge in [0.2, 0.25) is 0 Å². The molecule has 2 unspecified atom stereocenters. The van der Waals surface area contributed by atoms with Gasteiger partial charge in [0.25, 0.3) is 0 Å². The van der Waals surface area contributed by atoms with Crippen molar-refractivity contribution in [3.05, 3.63) is 17.7 Å². The van der Waals surface area contributed by atoms with E-state index in [2.05, 4.69) is 6.92 Å². The summed E-state index contributed by atoms with van der Waals surface area (Å²) in [5.74, 6) is 2.46. The zero-order valence-electron chi connectivity index (χ0n) is 11.1. The van der Waals surface area contributed by atoms with Crippen LogP contribution in [-0.4, -0.2) is 31.2 Å². The normalized spacial score (nSPS) is 25.5. The van der Waals surface area contributed by atoms with Crippen molar-refractivity contribution in [1.29, 1.82) is 0 Å². The SMILES string of the molecule is CC1OCCC1SCc1cc2c(cc1N)OCCO2. The molecule has 2 atom stereocenters. The Bertz CT molecular complexity index is 466. The van der Waals surface area contributed by atoms with Gasteiger partial charge in [0.15, 0.2) is 11.5 Å². The molecule has 4 nitrogen and oxygen atoms in total. The summed E-state index contributed by atoms with van der Waals surface area (Å²) in [6, 6.07) is 3.89. The number of hydrogen-bond acceptors (Lipinski definition) is 5. The monoisotopic (exact) mass is 281 g/mol. The first kappa shape index (κ1) is 12.9.